The first-order valence-electron chi connectivity index (χ1n) is 3.32. The largest absolute Gasteiger partial charge is 0.575 e. The molecule has 0 radical (unpaired) electrons. The van der Waals surface area contributed by atoms with Crippen LogP contribution in [-0.2, 0) is 6.18 Å². The van der Waals surface area contributed by atoms with Gasteiger partial charge in [-0.2, -0.15) is 27.5 Å². The number of halogens is 7. The summed E-state index contributed by atoms with van der Waals surface area (Å²) in [5, 5.41) is 0. The lowest BCUT2D eigenvalue weighted by molar-refractivity contribution is -0.278. The van der Waals surface area contributed by atoms with Crippen LogP contribution in [0.15, 0.2) is 0 Å². The first-order valence-corrected chi connectivity index (χ1v) is 3.32. The minimum atomic E-state index is -5.32. The molecule has 0 spiro atoms. The highest BCUT2D eigenvalue weighted by Crippen LogP contribution is 2.27. The number of rotatable bonds is 1. The Kier molecular flexibility index (Phi) is 2.88. The van der Waals surface area contributed by atoms with E-state index in [1.54, 1.807) is 0 Å². The fourth-order valence-electron chi connectivity index (χ4n) is 0.608. The van der Waals surface area contributed by atoms with Gasteiger partial charge in [-0.1, -0.05) is 0 Å². The standard InChI is InChI=1S/C5F7N3O/c6-2-13-1(4(7,8)9)14-3(15-2)16-5(10,11)12. The highest BCUT2D eigenvalue weighted by Gasteiger charge is 2.38. The maximum absolute atomic E-state index is 12.3. The van der Waals surface area contributed by atoms with E-state index in [1.807, 2.05) is 0 Å². The van der Waals surface area contributed by atoms with Crippen LogP contribution in [0, 0.1) is 6.08 Å². The van der Waals surface area contributed by atoms with Crippen LogP contribution in [0.3, 0.4) is 0 Å². The monoisotopic (exact) mass is 251 g/mol. The Balaban J connectivity index is 3.09. The van der Waals surface area contributed by atoms with Gasteiger partial charge in [0, 0.05) is 0 Å². The first kappa shape index (κ1) is 12.4. The lowest BCUT2D eigenvalue weighted by Gasteiger charge is -2.08. The zero-order valence-corrected chi connectivity index (χ0v) is 6.90. The third kappa shape index (κ3) is 3.47. The molecule has 16 heavy (non-hydrogen) atoms. The van der Waals surface area contributed by atoms with Crippen molar-refractivity contribution in [2.75, 3.05) is 0 Å². The van der Waals surface area contributed by atoms with Gasteiger partial charge in [-0.15, -0.1) is 18.2 Å². The Bertz CT molecular complexity index is 387. The minimum absolute atomic E-state index is 1.81. The van der Waals surface area contributed by atoms with Crippen LogP contribution < -0.4 is 4.74 Å². The van der Waals surface area contributed by atoms with E-state index in [1.165, 1.54) is 0 Å². The summed E-state index contributed by atoms with van der Waals surface area (Å²) in [6.07, 6.45) is -12.5. The first-order chi connectivity index (χ1) is 7.08. The molecule has 0 aliphatic heterocycles. The zero-order valence-electron chi connectivity index (χ0n) is 6.90. The molecule has 0 bridgehead atoms. The quantitative estimate of drug-likeness (QED) is 0.715. The van der Waals surface area contributed by atoms with Crippen molar-refractivity contribution in [3.05, 3.63) is 11.9 Å². The van der Waals surface area contributed by atoms with E-state index in [-0.39, 0.29) is 0 Å². The predicted molar refractivity (Wildman–Crippen MR) is 31.5 cm³/mol. The number of nitrogens with zero attached hydrogens (tertiary/aromatic N) is 3. The van der Waals surface area contributed by atoms with E-state index in [0.717, 1.165) is 0 Å². The number of hydrogen-bond acceptors (Lipinski definition) is 4. The van der Waals surface area contributed by atoms with Gasteiger partial charge in [0.15, 0.2) is 0 Å². The molecule has 90 valence electrons. The normalized spacial score (nSPS) is 12.7. The smallest absolute Gasteiger partial charge is 0.370 e. The van der Waals surface area contributed by atoms with Gasteiger partial charge in [-0.3, -0.25) is 0 Å². The maximum atomic E-state index is 12.3. The fraction of sp³-hybridized carbons (Fsp3) is 0.400. The number of ether oxygens (including phenoxy) is 1. The lowest BCUT2D eigenvalue weighted by Crippen LogP contribution is -2.21. The minimum Gasteiger partial charge on any atom is -0.370 e. The molecule has 1 heterocycles. The van der Waals surface area contributed by atoms with Gasteiger partial charge >= 0.3 is 24.6 Å². The summed E-state index contributed by atoms with van der Waals surface area (Å²) in [5.41, 5.74) is 0. The Labute approximate surface area is 82.1 Å². The molecule has 0 N–H and O–H groups in total. The number of hydrogen-bond donors (Lipinski definition) is 0. The van der Waals surface area contributed by atoms with Crippen molar-refractivity contribution in [3.63, 3.8) is 0 Å². The molecule has 1 rings (SSSR count). The molecule has 0 aliphatic carbocycles. The van der Waals surface area contributed by atoms with Gasteiger partial charge in [0.25, 0.3) is 0 Å². The highest BCUT2D eigenvalue weighted by atomic mass is 19.4. The average molecular weight is 251 g/mol. The summed E-state index contributed by atoms with van der Waals surface area (Å²) in [5.74, 6) is -2.11. The Morgan fingerprint density at radius 3 is 1.88 bits per heavy atom. The van der Waals surface area contributed by atoms with Crippen LogP contribution in [0.2, 0.25) is 0 Å². The molecule has 0 fully saturated rings. The molecule has 0 atom stereocenters. The SMILES string of the molecule is Fc1nc(OC(F)(F)F)nc(C(F)(F)F)n1. The van der Waals surface area contributed by atoms with E-state index in [9.17, 15) is 30.7 Å². The summed E-state index contributed by atoms with van der Waals surface area (Å²) in [6.45, 7) is 0. The Morgan fingerprint density at radius 1 is 0.875 bits per heavy atom. The van der Waals surface area contributed by atoms with Crippen molar-refractivity contribution in [2.45, 2.75) is 12.5 Å². The molecule has 0 aliphatic rings. The third-order valence-electron chi connectivity index (χ3n) is 1.05. The maximum Gasteiger partial charge on any atom is 0.575 e. The third-order valence-corrected chi connectivity index (χ3v) is 1.05. The van der Waals surface area contributed by atoms with Crippen LogP contribution in [0.1, 0.15) is 5.82 Å². The van der Waals surface area contributed by atoms with Crippen LogP contribution in [0.5, 0.6) is 6.01 Å². The summed E-state index contributed by atoms with van der Waals surface area (Å²) < 4.78 is 85.7. The summed E-state index contributed by atoms with van der Waals surface area (Å²) in [7, 11) is 0. The van der Waals surface area contributed by atoms with E-state index in [0.29, 0.717) is 0 Å². The second-order valence-corrected chi connectivity index (χ2v) is 2.26. The van der Waals surface area contributed by atoms with E-state index in [2.05, 4.69) is 19.7 Å². The molecule has 4 nitrogen and oxygen atoms in total. The molecule has 0 aromatic carbocycles. The van der Waals surface area contributed by atoms with Crippen molar-refractivity contribution in [1.29, 1.82) is 0 Å². The summed E-state index contributed by atoms with van der Waals surface area (Å²) in [6, 6.07) is -1.81. The van der Waals surface area contributed by atoms with Crippen LogP contribution >= 0.6 is 0 Å². The molecular formula is C5F7N3O. The van der Waals surface area contributed by atoms with Crippen LogP contribution in [0.25, 0.3) is 0 Å². The molecule has 1 aromatic rings. The van der Waals surface area contributed by atoms with Gasteiger partial charge in [-0.05, 0) is 0 Å². The topological polar surface area (TPSA) is 47.9 Å². The van der Waals surface area contributed by atoms with Crippen LogP contribution in [-0.4, -0.2) is 21.3 Å². The van der Waals surface area contributed by atoms with Gasteiger partial charge in [-0.25, -0.2) is 0 Å². The summed E-state index contributed by atoms with van der Waals surface area (Å²) in [4.78, 5) is 6.74. The average Bonchev–Trinajstić information content (AvgIpc) is 1.97. The molecular weight excluding hydrogens is 251 g/mol. The van der Waals surface area contributed by atoms with Crippen molar-refractivity contribution < 1.29 is 35.5 Å². The Morgan fingerprint density at radius 2 is 1.44 bits per heavy atom. The molecule has 0 unspecified atom stereocenters. The zero-order chi connectivity index (χ0) is 12.6. The van der Waals surface area contributed by atoms with Crippen molar-refractivity contribution in [2.24, 2.45) is 0 Å². The van der Waals surface area contributed by atoms with Gasteiger partial charge in [0.2, 0.25) is 5.82 Å². The molecule has 0 saturated heterocycles. The Hall–Kier alpha value is -1.68. The predicted octanol–water partition coefficient (Wildman–Crippen LogP) is 1.93. The molecule has 1 aromatic heterocycles. The van der Waals surface area contributed by atoms with Gasteiger partial charge in [0.1, 0.15) is 0 Å². The fourth-order valence-corrected chi connectivity index (χ4v) is 0.608. The van der Waals surface area contributed by atoms with Crippen molar-refractivity contribution in [1.82, 2.24) is 15.0 Å². The number of aromatic nitrogens is 3. The van der Waals surface area contributed by atoms with E-state index < -0.39 is 30.5 Å². The second-order valence-electron chi connectivity index (χ2n) is 2.26. The second kappa shape index (κ2) is 3.72. The van der Waals surface area contributed by atoms with E-state index >= 15 is 0 Å². The lowest BCUT2D eigenvalue weighted by atomic mass is 10.6. The van der Waals surface area contributed by atoms with Gasteiger partial charge in [0.05, 0.1) is 0 Å². The van der Waals surface area contributed by atoms with Gasteiger partial charge < -0.3 is 4.74 Å². The highest BCUT2D eigenvalue weighted by molar-refractivity contribution is 4.99. The molecule has 0 amide bonds. The summed E-state index contributed by atoms with van der Waals surface area (Å²) >= 11 is 0. The molecule has 0 saturated carbocycles. The number of alkyl halides is 6. The van der Waals surface area contributed by atoms with Crippen molar-refractivity contribution >= 4 is 0 Å². The van der Waals surface area contributed by atoms with E-state index in [4.69, 9.17) is 0 Å². The van der Waals surface area contributed by atoms with Crippen molar-refractivity contribution in [3.8, 4) is 6.01 Å². The van der Waals surface area contributed by atoms with Crippen LogP contribution in [0.4, 0.5) is 30.7 Å². The molecule has 11 heteroatoms.